The lowest BCUT2D eigenvalue weighted by atomic mass is 10.0. The molecule has 0 radical (unpaired) electrons. The Morgan fingerprint density at radius 1 is 0.781 bits per heavy atom. The van der Waals surface area contributed by atoms with Crippen LogP contribution >= 0.6 is 0 Å². The van der Waals surface area contributed by atoms with E-state index in [2.05, 4.69) is 6.92 Å². The number of para-hydroxylation sites is 1. The first kappa shape index (κ1) is 26.2. The highest BCUT2D eigenvalue weighted by molar-refractivity contribution is 7.86. The summed E-state index contributed by atoms with van der Waals surface area (Å²) < 4.78 is 39.0. The zero-order chi connectivity index (χ0) is 23.2. The van der Waals surface area contributed by atoms with Gasteiger partial charge in [-0.05, 0) is 36.6 Å². The number of unbranched alkanes of at least 4 members (excludes halogenated alkanes) is 11. The third-order valence-corrected chi connectivity index (χ3v) is 6.57. The smallest absolute Gasteiger partial charge is 0.298 e. The fraction of sp³-hybridized carbons (Fsp3) is 0.538. The molecule has 0 saturated heterocycles. The van der Waals surface area contributed by atoms with Crippen LogP contribution in [-0.2, 0) is 16.5 Å². The molecule has 0 bridgehead atoms. The molecule has 0 unspecified atom stereocenters. The predicted molar refractivity (Wildman–Crippen MR) is 129 cm³/mol. The van der Waals surface area contributed by atoms with E-state index in [1.165, 1.54) is 69.9 Å². The van der Waals surface area contributed by atoms with Gasteiger partial charge in [0.2, 0.25) is 0 Å². The van der Waals surface area contributed by atoms with Gasteiger partial charge in [0.15, 0.2) is 5.75 Å². The molecule has 2 aromatic carbocycles. The highest BCUT2D eigenvalue weighted by Gasteiger charge is 2.21. The predicted octanol–water partition coefficient (Wildman–Crippen LogP) is 7.67. The molecule has 6 heteroatoms. The summed E-state index contributed by atoms with van der Waals surface area (Å²) in [6.45, 7) is 2.24. The summed E-state index contributed by atoms with van der Waals surface area (Å²) in [5.74, 6) is 0.312. The van der Waals surface area contributed by atoms with Crippen molar-refractivity contribution in [3.05, 3.63) is 48.0 Å². The Morgan fingerprint density at radius 2 is 1.31 bits per heavy atom. The molecule has 0 aliphatic carbocycles. The van der Waals surface area contributed by atoms with E-state index in [0.717, 1.165) is 19.3 Å². The number of phenols is 1. The van der Waals surface area contributed by atoms with E-state index in [1.54, 1.807) is 24.3 Å². The van der Waals surface area contributed by atoms with Crippen LogP contribution in [0, 0.1) is 0 Å². The van der Waals surface area contributed by atoms with Gasteiger partial charge < -0.3 is 9.84 Å². The Morgan fingerprint density at radius 3 is 1.84 bits per heavy atom. The molecule has 0 spiro atoms. The summed E-state index contributed by atoms with van der Waals surface area (Å²) >= 11 is 0. The van der Waals surface area contributed by atoms with Crippen molar-refractivity contribution in [1.82, 2.24) is 0 Å². The molecule has 0 aliphatic rings. The average Bonchev–Trinajstić information content (AvgIpc) is 2.75. The van der Waals surface area contributed by atoms with Gasteiger partial charge in [0.1, 0.15) is 16.4 Å². The Balaban J connectivity index is 1.79. The first-order valence-corrected chi connectivity index (χ1v) is 13.4. The Hall–Kier alpha value is -2.05. The third kappa shape index (κ3) is 9.61. The van der Waals surface area contributed by atoms with E-state index in [4.69, 9.17) is 4.74 Å². The van der Waals surface area contributed by atoms with Gasteiger partial charge in [0.25, 0.3) is 10.1 Å². The van der Waals surface area contributed by atoms with Gasteiger partial charge in [0.05, 0.1) is 0 Å². The number of aromatic hydroxyl groups is 1. The second-order valence-electron chi connectivity index (χ2n) is 8.46. The maximum atomic E-state index is 11.9. The summed E-state index contributed by atoms with van der Waals surface area (Å²) in [7, 11) is -4.48. The van der Waals surface area contributed by atoms with Crippen molar-refractivity contribution in [1.29, 1.82) is 0 Å². The van der Waals surface area contributed by atoms with Crippen LogP contribution in [0.25, 0.3) is 0 Å². The number of rotatable bonds is 16. The number of hydrogen-bond acceptors (Lipinski definition) is 4. The van der Waals surface area contributed by atoms with Crippen molar-refractivity contribution < 1.29 is 22.8 Å². The van der Waals surface area contributed by atoms with Crippen LogP contribution in [0.1, 0.15) is 89.5 Å². The van der Waals surface area contributed by atoms with Crippen molar-refractivity contribution >= 4 is 10.1 Å². The van der Waals surface area contributed by atoms with Crippen LogP contribution < -0.4 is 4.74 Å². The third-order valence-electron chi connectivity index (χ3n) is 5.69. The van der Waals surface area contributed by atoms with Gasteiger partial charge in [-0.15, -0.1) is 0 Å². The lowest BCUT2D eigenvalue weighted by molar-refractivity contribution is 0.433. The quantitative estimate of drug-likeness (QED) is 0.197. The van der Waals surface area contributed by atoms with E-state index in [0.29, 0.717) is 17.7 Å². The molecule has 5 nitrogen and oxygen atoms in total. The lowest BCUT2D eigenvalue weighted by Crippen LogP contribution is -2.03. The first-order valence-electron chi connectivity index (χ1n) is 12.0. The minimum absolute atomic E-state index is 0.0218. The van der Waals surface area contributed by atoms with E-state index >= 15 is 0 Å². The largest absolute Gasteiger partial charge is 0.508 e. The number of ether oxygens (including phenoxy) is 1. The molecular weight excluding hydrogens is 424 g/mol. The lowest BCUT2D eigenvalue weighted by Gasteiger charge is -2.13. The number of benzene rings is 2. The molecule has 0 heterocycles. The van der Waals surface area contributed by atoms with Gasteiger partial charge in [0, 0.05) is 6.07 Å². The Bertz CT molecular complexity index is 894. The molecule has 0 aliphatic heterocycles. The molecule has 0 saturated carbocycles. The molecule has 0 aromatic heterocycles. The van der Waals surface area contributed by atoms with Crippen LogP contribution in [0.15, 0.2) is 47.4 Å². The van der Waals surface area contributed by atoms with Gasteiger partial charge in [-0.1, -0.05) is 95.8 Å². The molecule has 0 fully saturated rings. The zero-order valence-electron chi connectivity index (χ0n) is 19.3. The van der Waals surface area contributed by atoms with Crippen molar-refractivity contribution in [2.24, 2.45) is 0 Å². The molecule has 2 aromatic rings. The van der Waals surface area contributed by atoms with Gasteiger partial charge in [-0.2, -0.15) is 8.42 Å². The molecule has 0 amide bonds. The summed E-state index contributed by atoms with van der Waals surface area (Å²) in [5, 5.41) is 10.4. The molecule has 2 rings (SSSR count). The zero-order valence-corrected chi connectivity index (χ0v) is 20.1. The molecule has 178 valence electrons. The minimum atomic E-state index is -4.48. The van der Waals surface area contributed by atoms with Crippen molar-refractivity contribution in [2.75, 3.05) is 0 Å². The Labute approximate surface area is 193 Å². The number of hydrogen-bond donors (Lipinski definition) is 2. The van der Waals surface area contributed by atoms with Crippen molar-refractivity contribution in [2.45, 2.75) is 95.3 Å². The average molecular weight is 463 g/mol. The SMILES string of the molecule is CCCCCCCCCCCCCCc1cc(S(=O)(=O)O)c(Oc2ccccc2)cc1O. The molecule has 0 atom stereocenters. The second kappa shape index (κ2) is 14.2. The van der Waals surface area contributed by atoms with Gasteiger partial charge in [-0.3, -0.25) is 4.55 Å². The van der Waals surface area contributed by atoms with Crippen LogP contribution in [-0.4, -0.2) is 18.1 Å². The van der Waals surface area contributed by atoms with Crippen LogP contribution in [0.4, 0.5) is 0 Å². The fourth-order valence-corrected chi connectivity index (χ4v) is 4.49. The normalized spacial score (nSPS) is 11.6. The second-order valence-corrected chi connectivity index (χ2v) is 9.85. The fourth-order valence-electron chi connectivity index (χ4n) is 3.84. The summed E-state index contributed by atoms with van der Waals surface area (Å²) in [4.78, 5) is -0.326. The summed E-state index contributed by atoms with van der Waals surface area (Å²) in [5.41, 5.74) is 0.505. The van der Waals surface area contributed by atoms with Crippen LogP contribution in [0.3, 0.4) is 0 Å². The highest BCUT2D eigenvalue weighted by atomic mass is 32.2. The number of phenolic OH excluding ortho intramolecular Hbond substituents is 1. The van der Waals surface area contributed by atoms with E-state index in [1.807, 2.05) is 6.07 Å². The van der Waals surface area contributed by atoms with E-state index in [-0.39, 0.29) is 16.4 Å². The van der Waals surface area contributed by atoms with Crippen molar-refractivity contribution in [3.63, 3.8) is 0 Å². The van der Waals surface area contributed by atoms with E-state index in [9.17, 15) is 18.1 Å². The molecule has 2 N–H and O–H groups in total. The standard InChI is InChI=1S/C26H38O5S/c1-2-3-4-5-6-7-8-9-10-11-12-14-17-22-20-26(32(28,29)30)25(21-24(22)27)31-23-18-15-13-16-19-23/h13,15-16,18-21,27H,2-12,14,17H2,1H3,(H,28,29,30). The van der Waals surface area contributed by atoms with Crippen LogP contribution in [0.2, 0.25) is 0 Å². The van der Waals surface area contributed by atoms with Crippen molar-refractivity contribution in [3.8, 4) is 17.2 Å². The monoisotopic (exact) mass is 462 g/mol. The number of aryl methyl sites for hydroxylation is 1. The summed E-state index contributed by atoms with van der Waals surface area (Å²) in [6, 6.07) is 11.3. The van der Waals surface area contributed by atoms with Crippen LogP contribution in [0.5, 0.6) is 17.2 Å². The first-order chi connectivity index (χ1) is 15.4. The topological polar surface area (TPSA) is 83.8 Å². The summed E-state index contributed by atoms with van der Waals surface area (Å²) in [6.07, 6.45) is 15.4. The Kier molecular flexibility index (Phi) is 11.6. The minimum Gasteiger partial charge on any atom is -0.508 e. The van der Waals surface area contributed by atoms with Gasteiger partial charge in [-0.25, -0.2) is 0 Å². The van der Waals surface area contributed by atoms with E-state index < -0.39 is 10.1 Å². The maximum absolute atomic E-state index is 11.9. The maximum Gasteiger partial charge on any atom is 0.298 e. The van der Waals surface area contributed by atoms with Gasteiger partial charge >= 0.3 is 0 Å². The molecule has 32 heavy (non-hydrogen) atoms. The highest BCUT2D eigenvalue weighted by Crippen LogP contribution is 2.35. The molecular formula is C26H38O5S.